The van der Waals surface area contributed by atoms with Crippen LogP contribution in [0.2, 0.25) is 0 Å². The van der Waals surface area contributed by atoms with E-state index in [4.69, 9.17) is 4.74 Å². The molecule has 0 aromatic heterocycles. The van der Waals surface area contributed by atoms with Crippen LogP contribution in [0, 0.1) is 28.1 Å². The molecule has 2 saturated carbocycles. The molecular weight excluding hydrogens is 568 g/mol. The predicted octanol–water partition coefficient (Wildman–Crippen LogP) is 6.88. The fraction of sp³-hybridized carbons (Fsp3) is 0.957. The van der Waals surface area contributed by atoms with Crippen molar-refractivity contribution in [3.63, 3.8) is 0 Å². The van der Waals surface area contributed by atoms with Gasteiger partial charge in [-0.1, -0.05) is 34.6 Å². The molecule has 0 heterocycles. The normalized spacial score (nSPS) is 29.3. The fourth-order valence-electron chi connectivity index (χ4n) is 5.89. The lowest BCUT2D eigenvalue weighted by Crippen LogP contribution is -2.67. The average Bonchev–Trinajstić information content (AvgIpc) is 3.22. The Morgan fingerprint density at radius 2 is 1.03 bits per heavy atom. The van der Waals surface area contributed by atoms with E-state index in [9.17, 15) is 67.7 Å². The van der Waals surface area contributed by atoms with E-state index in [0.717, 1.165) is 0 Å². The van der Waals surface area contributed by atoms with Crippen LogP contribution in [0.15, 0.2) is 0 Å². The highest BCUT2D eigenvalue weighted by molar-refractivity contribution is 5.82. The number of hydrogen-bond acceptors (Lipinski definition) is 4. The summed E-state index contributed by atoms with van der Waals surface area (Å²) in [4.78, 5) is 13.2. The van der Waals surface area contributed by atoms with Crippen LogP contribution in [-0.2, 0) is 9.53 Å². The van der Waals surface area contributed by atoms with Gasteiger partial charge in [-0.05, 0) is 42.9 Å². The molecule has 2 aliphatic carbocycles. The average molecular weight is 598 g/mol. The summed E-state index contributed by atoms with van der Waals surface area (Å²) in [7, 11) is 0. The van der Waals surface area contributed by atoms with E-state index in [1.807, 2.05) is 0 Å². The van der Waals surface area contributed by atoms with Gasteiger partial charge in [-0.25, -0.2) is 0 Å². The van der Waals surface area contributed by atoms with Crippen LogP contribution in [-0.4, -0.2) is 58.2 Å². The molecule has 0 saturated heterocycles. The summed E-state index contributed by atoms with van der Waals surface area (Å²) in [5.41, 5.74) is -14.3. The molecule has 16 heteroatoms. The second-order valence-electron chi connectivity index (χ2n) is 12.5. The maximum absolute atomic E-state index is 13.6. The first-order valence-electron chi connectivity index (χ1n) is 11.8. The second kappa shape index (κ2) is 9.28. The van der Waals surface area contributed by atoms with Gasteiger partial charge >= 0.3 is 30.7 Å². The monoisotopic (exact) mass is 598 g/mol. The van der Waals surface area contributed by atoms with E-state index in [0.29, 0.717) is 0 Å². The third-order valence-electron chi connectivity index (χ3n) is 7.98. The molecule has 0 aliphatic heterocycles. The van der Waals surface area contributed by atoms with Gasteiger partial charge in [0.25, 0.3) is 11.2 Å². The maximum Gasteiger partial charge on any atom is 0.426 e. The fourth-order valence-corrected chi connectivity index (χ4v) is 5.89. The van der Waals surface area contributed by atoms with Gasteiger partial charge < -0.3 is 14.9 Å². The number of alkyl halides is 12. The van der Waals surface area contributed by atoms with Crippen molar-refractivity contribution in [2.45, 2.75) is 109 Å². The van der Waals surface area contributed by atoms with E-state index >= 15 is 0 Å². The van der Waals surface area contributed by atoms with Crippen molar-refractivity contribution in [1.29, 1.82) is 0 Å². The van der Waals surface area contributed by atoms with Gasteiger partial charge in [-0.15, -0.1) is 0 Å². The van der Waals surface area contributed by atoms with Crippen molar-refractivity contribution >= 4 is 5.97 Å². The summed E-state index contributed by atoms with van der Waals surface area (Å²) < 4.78 is 168. The van der Waals surface area contributed by atoms with Gasteiger partial charge in [0.05, 0.1) is 5.41 Å². The van der Waals surface area contributed by atoms with Gasteiger partial charge in [-0.3, -0.25) is 4.79 Å². The molecular formula is C23H30F12O4. The minimum atomic E-state index is -6.59. The number of carbonyl (C=O) groups is 1. The maximum atomic E-state index is 13.6. The Balaban J connectivity index is 2.63. The third-order valence-corrected chi connectivity index (χ3v) is 7.98. The molecule has 2 aliphatic rings. The molecule has 3 atom stereocenters. The van der Waals surface area contributed by atoms with E-state index in [1.54, 1.807) is 34.6 Å². The van der Waals surface area contributed by atoms with Crippen molar-refractivity contribution in [2.75, 3.05) is 0 Å². The first kappa shape index (κ1) is 33.8. The van der Waals surface area contributed by atoms with Crippen molar-refractivity contribution in [3.05, 3.63) is 0 Å². The van der Waals surface area contributed by atoms with E-state index in [1.165, 1.54) is 0 Å². The van der Waals surface area contributed by atoms with Crippen molar-refractivity contribution in [3.8, 4) is 0 Å². The Bertz CT molecular complexity index is 852. The van der Waals surface area contributed by atoms with Crippen LogP contribution in [0.1, 0.15) is 66.7 Å². The summed E-state index contributed by atoms with van der Waals surface area (Å²) >= 11 is 0. The van der Waals surface area contributed by atoms with Crippen LogP contribution in [0.4, 0.5) is 52.7 Å². The van der Waals surface area contributed by atoms with Crippen LogP contribution in [0.3, 0.4) is 0 Å². The minimum Gasteiger partial charge on any atom is -0.462 e. The summed E-state index contributed by atoms with van der Waals surface area (Å²) in [5, 5.41) is 19.6. The molecule has 2 fully saturated rings. The highest BCUT2D eigenvalue weighted by Gasteiger charge is 2.78. The Kier molecular flexibility index (Phi) is 8.03. The molecule has 0 amide bonds. The number of aliphatic hydroxyl groups is 2. The van der Waals surface area contributed by atoms with E-state index in [2.05, 4.69) is 0 Å². The summed E-state index contributed by atoms with van der Waals surface area (Å²) in [5.74, 6) is -7.97. The smallest absolute Gasteiger partial charge is 0.426 e. The van der Waals surface area contributed by atoms with Gasteiger partial charge in [0.1, 0.15) is 6.10 Å². The summed E-state index contributed by atoms with van der Waals surface area (Å²) in [6.07, 6.45) is -33.8. The number of hydrogen-bond donors (Lipinski definition) is 2. The zero-order valence-electron chi connectivity index (χ0n) is 21.5. The first-order valence-corrected chi connectivity index (χ1v) is 11.8. The molecule has 3 unspecified atom stereocenters. The van der Waals surface area contributed by atoms with Crippen molar-refractivity contribution in [1.82, 2.24) is 0 Å². The van der Waals surface area contributed by atoms with Gasteiger partial charge in [0, 0.05) is 11.8 Å². The van der Waals surface area contributed by atoms with Crippen LogP contribution >= 0.6 is 0 Å². The molecule has 230 valence electrons. The Morgan fingerprint density at radius 3 is 1.26 bits per heavy atom. The minimum absolute atomic E-state index is 0.0789. The number of halogens is 12. The Morgan fingerprint density at radius 1 is 0.718 bits per heavy atom. The number of ether oxygens (including phenoxy) is 1. The number of rotatable bonds is 5. The quantitative estimate of drug-likeness (QED) is 0.268. The lowest BCUT2D eigenvalue weighted by molar-refractivity contribution is -0.405. The SMILES string of the molecule is CC(C)(C)CC1(C(=O)OC2CC(C(O)(C(F)(F)F)C(F)(F)F)CC(C(O)(C(F)(F)F)C(F)(F)F)C2)CC1(C)C. The molecule has 2 rings (SSSR count). The standard InChI is InChI=1S/C23H30F12O4/c1-15(2,3)9-17(10-16(17,4)5)14(36)39-13-7-11(18(37,20(24,25)26)21(27,28)29)6-12(8-13)19(38,22(30,31)32)23(33,34)35/h11-13,37-38H,6-10H2,1-5H3. The number of carbonyl (C=O) groups excluding carboxylic acids is 1. The highest BCUT2D eigenvalue weighted by atomic mass is 19.4. The topological polar surface area (TPSA) is 66.8 Å². The highest BCUT2D eigenvalue weighted by Crippen LogP contribution is 2.68. The first-order chi connectivity index (χ1) is 16.9. The van der Waals surface area contributed by atoms with Crippen molar-refractivity contribution in [2.24, 2.45) is 28.1 Å². The zero-order valence-corrected chi connectivity index (χ0v) is 21.5. The summed E-state index contributed by atoms with van der Waals surface area (Å²) in [6, 6.07) is 0. The lowest BCUT2D eigenvalue weighted by Gasteiger charge is -2.48. The van der Waals surface area contributed by atoms with Crippen molar-refractivity contribution < 1.29 is 72.4 Å². The van der Waals surface area contributed by atoms with E-state index < -0.39 is 95.3 Å². The van der Waals surface area contributed by atoms with Gasteiger partial charge in [-0.2, -0.15) is 52.7 Å². The third kappa shape index (κ3) is 5.69. The largest absolute Gasteiger partial charge is 0.462 e. The zero-order chi connectivity index (χ0) is 31.1. The molecule has 4 nitrogen and oxygen atoms in total. The van der Waals surface area contributed by atoms with E-state index in [-0.39, 0.29) is 12.8 Å². The Labute approximate surface area is 216 Å². The Hall–Kier alpha value is -1.45. The number of esters is 1. The lowest BCUT2D eigenvalue weighted by atomic mass is 9.65. The van der Waals surface area contributed by atoms with Gasteiger partial charge in [0.15, 0.2) is 0 Å². The van der Waals surface area contributed by atoms with Crippen LogP contribution in [0.5, 0.6) is 0 Å². The second-order valence-corrected chi connectivity index (χ2v) is 12.5. The summed E-state index contributed by atoms with van der Waals surface area (Å²) in [6.45, 7) is 8.27. The molecule has 0 spiro atoms. The van der Waals surface area contributed by atoms with Gasteiger partial charge in [0.2, 0.25) is 0 Å². The molecule has 2 N–H and O–H groups in total. The molecule has 0 aromatic carbocycles. The molecule has 39 heavy (non-hydrogen) atoms. The molecule has 0 aromatic rings. The van der Waals surface area contributed by atoms with Crippen LogP contribution < -0.4 is 0 Å². The predicted molar refractivity (Wildman–Crippen MR) is 110 cm³/mol. The molecule has 0 radical (unpaired) electrons. The molecule has 0 bridgehead atoms. The van der Waals surface area contributed by atoms with Crippen LogP contribution in [0.25, 0.3) is 0 Å².